The number of carbonyl (C=O) groups excluding carboxylic acids is 1. The lowest BCUT2D eigenvalue weighted by Crippen LogP contribution is -2.49. The van der Waals surface area contributed by atoms with Crippen molar-refractivity contribution in [2.45, 2.75) is 75.8 Å². The highest BCUT2D eigenvalue weighted by atomic mass is 32.2. The number of nitrogens with zero attached hydrogens (tertiary/aromatic N) is 1. The summed E-state index contributed by atoms with van der Waals surface area (Å²) >= 11 is 0. The minimum atomic E-state index is -3.57. The molecule has 0 saturated carbocycles. The number of carbonyl (C=O) groups is 1. The molecule has 3 rings (SSSR count). The van der Waals surface area contributed by atoms with Crippen LogP contribution >= 0.6 is 0 Å². The first-order valence-corrected chi connectivity index (χ1v) is 11.2. The van der Waals surface area contributed by atoms with E-state index < -0.39 is 21.7 Å². The van der Waals surface area contributed by atoms with Gasteiger partial charge in [0.2, 0.25) is 10.0 Å². The summed E-state index contributed by atoms with van der Waals surface area (Å²) in [5.41, 5.74) is 1.83. The molecule has 150 valence electrons. The molecule has 1 amide bonds. The van der Waals surface area contributed by atoms with E-state index in [9.17, 15) is 13.2 Å². The van der Waals surface area contributed by atoms with E-state index in [1.165, 1.54) is 5.56 Å². The molecule has 0 aromatic heterocycles. The first kappa shape index (κ1) is 20.1. The average Bonchev–Trinajstić information content (AvgIpc) is 3.06. The van der Waals surface area contributed by atoms with Crippen LogP contribution in [-0.2, 0) is 27.6 Å². The summed E-state index contributed by atoms with van der Waals surface area (Å²) in [6, 6.07) is 5.27. The van der Waals surface area contributed by atoms with Gasteiger partial charge in [-0.2, -0.15) is 4.31 Å². The number of amides is 1. The Labute approximate surface area is 162 Å². The number of alkyl carbamates (subject to hydrolysis) is 1. The van der Waals surface area contributed by atoms with Crippen molar-refractivity contribution in [3.05, 3.63) is 29.3 Å². The van der Waals surface area contributed by atoms with E-state index in [4.69, 9.17) is 4.74 Å². The number of hydrogen-bond acceptors (Lipinski definition) is 4. The molecule has 0 spiro atoms. The Morgan fingerprint density at radius 2 is 1.93 bits per heavy atom. The Bertz CT molecular complexity index is 799. The number of aryl methyl sites for hydroxylation is 2. The third kappa shape index (κ3) is 4.82. The second-order valence-electron chi connectivity index (χ2n) is 8.43. The third-order valence-electron chi connectivity index (χ3n) is 5.13. The van der Waals surface area contributed by atoms with E-state index >= 15 is 0 Å². The molecule has 7 heteroatoms. The molecular formula is C20H30N2O4S. The zero-order valence-electron chi connectivity index (χ0n) is 16.5. The molecule has 1 N–H and O–H groups in total. The van der Waals surface area contributed by atoms with Gasteiger partial charge in [-0.25, -0.2) is 13.2 Å². The van der Waals surface area contributed by atoms with Crippen LogP contribution in [0.2, 0.25) is 0 Å². The van der Waals surface area contributed by atoms with Crippen LogP contribution in [0.5, 0.6) is 0 Å². The Morgan fingerprint density at radius 1 is 1.19 bits per heavy atom. The van der Waals surface area contributed by atoms with E-state index in [2.05, 4.69) is 5.32 Å². The van der Waals surface area contributed by atoms with Gasteiger partial charge in [0, 0.05) is 19.1 Å². The molecule has 1 saturated heterocycles. The molecule has 0 bridgehead atoms. The third-order valence-corrected chi connectivity index (χ3v) is 7.08. The van der Waals surface area contributed by atoms with Crippen molar-refractivity contribution in [2.75, 3.05) is 13.1 Å². The lowest BCUT2D eigenvalue weighted by atomic mass is 10.1. The monoisotopic (exact) mass is 394 g/mol. The van der Waals surface area contributed by atoms with Crippen LogP contribution in [0.25, 0.3) is 0 Å². The van der Waals surface area contributed by atoms with Crippen molar-refractivity contribution in [1.82, 2.24) is 9.62 Å². The van der Waals surface area contributed by atoms with Crippen molar-refractivity contribution in [3.63, 3.8) is 0 Å². The van der Waals surface area contributed by atoms with Crippen molar-refractivity contribution in [2.24, 2.45) is 0 Å². The summed E-state index contributed by atoms with van der Waals surface area (Å²) in [4.78, 5) is 12.3. The normalized spacial score (nSPS) is 20.9. The molecule has 1 unspecified atom stereocenters. The van der Waals surface area contributed by atoms with Gasteiger partial charge in [-0.15, -0.1) is 0 Å². The van der Waals surface area contributed by atoms with Gasteiger partial charge in [0.25, 0.3) is 0 Å². The van der Waals surface area contributed by atoms with Gasteiger partial charge < -0.3 is 10.1 Å². The van der Waals surface area contributed by atoms with Gasteiger partial charge in [-0.05, 0) is 76.1 Å². The number of fused-ring (bicyclic) bond motifs is 1. The van der Waals surface area contributed by atoms with E-state index in [-0.39, 0.29) is 12.6 Å². The molecule has 27 heavy (non-hydrogen) atoms. The highest BCUT2D eigenvalue weighted by Gasteiger charge is 2.34. The molecule has 1 fully saturated rings. The molecule has 1 aromatic carbocycles. The van der Waals surface area contributed by atoms with Crippen molar-refractivity contribution in [3.8, 4) is 0 Å². The Morgan fingerprint density at radius 3 is 2.67 bits per heavy atom. The van der Waals surface area contributed by atoms with Crippen molar-refractivity contribution < 1.29 is 17.9 Å². The predicted molar refractivity (Wildman–Crippen MR) is 104 cm³/mol. The molecule has 1 heterocycles. The van der Waals surface area contributed by atoms with E-state index in [0.29, 0.717) is 11.4 Å². The summed E-state index contributed by atoms with van der Waals surface area (Å²) in [7, 11) is -3.57. The summed E-state index contributed by atoms with van der Waals surface area (Å²) in [6.45, 7) is 6.16. The molecule has 1 atom stereocenters. The maximum absolute atomic E-state index is 13.3. The number of benzene rings is 1. The zero-order chi connectivity index (χ0) is 19.7. The fraction of sp³-hybridized carbons (Fsp3) is 0.650. The number of sulfonamides is 1. The van der Waals surface area contributed by atoms with Crippen LogP contribution in [0.4, 0.5) is 4.79 Å². The quantitative estimate of drug-likeness (QED) is 0.851. The fourth-order valence-corrected chi connectivity index (χ4v) is 5.60. The van der Waals surface area contributed by atoms with Gasteiger partial charge in [0.15, 0.2) is 0 Å². The first-order valence-electron chi connectivity index (χ1n) is 9.77. The van der Waals surface area contributed by atoms with E-state index in [1.54, 1.807) is 31.1 Å². The second-order valence-corrected chi connectivity index (χ2v) is 10.3. The summed E-state index contributed by atoms with van der Waals surface area (Å²) in [5, 5.41) is 2.74. The first-order chi connectivity index (χ1) is 12.7. The minimum Gasteiger partial charge on any atom is -0.444 e. The highest BCUT2D eigenvalue weighted by molar-refractivity contribution is 7.89. The standard InChI is InChI=1S/C20H30N2O4S/c1-20(2,3)26-19(23)21-14-17-9-4-5-12-22(17)27(24,25)18-11-10-15-7-6-8-16(15)13-18/h10-11,13,17H,4-9,12,14H2,1-3H3,(H,21,23). The smallest absolute Gasteiger partial charge is 0.407 e. The predicted octanol–water partition coefficient (Wildman–Crippen LogP) is 3.24. The van der Waals surface area contributed by atoms with Crippen molar-refractivity contribution in [1.29, 1.82) is 0 Å². The zero-order valence-corrected chi connectivity index (χ0v) is 17.3. The molecule has 1 aromatic rings. The summed E-state index contributed by atoms with van der Waals surface area (Å²) < 4.78 is 33.3. The van der Waals surface area contributed by atoms with Crippen LogP contribution in [-0.4, -0.2) is 43.5 Å². The van der Waals surface area contributed by atoms with Gasteiger partial charge in [-0.1, -0.05) is 12.5 Å². The van der Waals surface area contributed by atoms with E-state index in [1.807, 2.05) is 12.1 Å². The van der Waals surface area contributed by atoms with Crippen LogP contribution in [0, 0.1) is 0 Å². The molecular weight excluding hydrogens is 364 g/mol. The topological polar surface area (TPSA) is 75.7 Å². The highest BCUT2D eigenvalue weighted by Crippen LogP contribution is 2.29. The summed E-state index contributed by atoms with van der Waals surface area (Å²) in [6.07, 6.45) is 5.09. The number of ether oxygens (including phenoxy) is 1. The minimum absolute atomic E-state index is 0.246. The fourth-order valence-electron chi connectivity index (χ4n) is 3.85. The van der Waals surface area contributed by atoms with Gasteiger partial charge in [0.1, 0.15) is 5.60 Å². The average molecular weight is 395 g/mol. The number of piperidine rings is 1. The summed E-state index contributed by atoms with van der Waals surface area (Å²) in [5.74, 6) is 0. The van der Waals surface area contributed by atoms with Crippen LogP contribution in [0.15, 0.2) is 23.1 Å². The molecule has 1 aliphatic carbocycles. The molecule has 6 nitrogen and oxygen atoms in total. The van der Waals surface area contributed by atoms with Gasteiger partial charge in [-0.3, -0.25) is 0 Å². The van der Waals surface area contributed by atoms with Crippen molar-refractivity contribution >= 4 is 16.1 Å². The van der Waals surface area contributed by atoms with Gasteiger partial charge >= 0.3 is 6.09 Å². The maximum atomic E-state index is 13.3. The van der Waals surface area contributed by atoms with Crippen LogP contribution < -0.4 is 5.32 Å². The number of hydrogen-bond donors (Lipinski definition) is 1. The Balaban J connectivity index is 1.73. The molecule has 0 radical (unpaired) electrons. The second kappa shape index (κ2) is 7.80. The largest absolute Gasteiger partial charge is 0.444 e. The lowest BCUT2D eigenvalue weighted by Gasteiger charge is -2.35. The van der Waals surface area contributed by atoms with Gasteiger partial charge in [0.05, 0.1) is 4.90 Å². The Hall–Kier alpha value is -1.60. The maximum Gasteiger partial charge on any atom is 0.407 e. The van der Waals surface area contributed by atoms with E-state index in [0.717, 1.165) is 44.1 Å². The lowest BCUT2D eigenvalue weighted by molar-refractivity contribution is 0.0512. The van der Waals surface area contributed by atoms with Crippen LogP contribution in [0.1, 0.15) is 57.6 Å². The Kier molecular flexibility index (Phi) is 5.82. The number of nitrogens with one attached hydrogen (secondary N) is 1. The molecule has 2 aliphatic rings. The number of rotatable bonds is 4. The SMILES string of the molecule is CC(C)(C)OC(=O)NCC1CCCCN1S(=O)(=O)c1ccc2c(c1)CCC2. The molecule has 1 aliphatic heterocycles. The van der Waals surface area contributed by atoms with Crippen LogP contribution in [0.3, 0.4) is 0 Å².